The van der Waals surface area contributed by atoms with Gasteiger partial charge in [-0.3, -0.25) is 9.36 Å². The standard InChI is InChI=1S/C20H20N2O3S2/c1-10-7-8-11(2)14(9-10)22-18(23)16-13-5-4-6-15(13)27-17(16)21-20(22)26-12(3)19(24)25/h7-9,12H,4-6H2,1-3H3,(H,24,25)/p-1/t12-/m0/s1. The van der Waals surface area contributed by atoms with Crippen molar-refractivity contribution in [3.8, 4) is 5.69 Å². The number of hydrogen-bond acceptors (Lipinski definition) is 6. The van der Waals surface area contributed by atoms with Crippen LogP contribution >= 0.6 is 23.1 Å². The summed E-state index contributed by atoms with van der Waals surface area (Å²) in [6.45, 7) is 5.47. The average molecular weight is 400 g/mol. The summed E-state index contributed by atoms with van der Waals surface area (Å²) in [5.41, 5.74) is 3.73. The van der Waals surface area contributed by atoms with Crippen molar-refractivity contribution in [1.82, 2.24) is 9.55 Å². The lowest BCUT2D eigenvalue weighted by Crippen LogP contribution is -2.32. The van der Waals surface area contributed by atoms with Crippen molar-refractivity contribution in [2.45, 2.75) is 50.4 Å². The molecule has 27 heavy (non-hydrogen) atoms. The van der Waals surface area contributed by atoms with Crippen molar-refractivity contribution in [2.75, 3.05) is 0 Å². The molecule has 1 aliphatic carbocycles. The first-order valence-corrected chi connectivity index (χ1v) is 10.6. The third-order valence-corrected chi connectivity index (χ3v) is 7.14. The highest BCUT2D eigenvalue weighted by molar-refractivity contribution is 8.00. The van der Waals surface area contributed by atoms with E-state index in [1.807, 2.05) is 32.0 Å². The molecule has 7 heteroatoms. The van der Waals surface area contributed by atoms with Crippen molar-refractivity contribution in [3.05, 3.63) is 50.1 Å². The number of thiophene rings is 1. The number of hydrogen-bond donors (Lipinski definition) is 0. The summed E-state index contributed by atoms with van der Waals surface area (Å²) in [5.74, 6) is -1.17. The predicted molar refractivity (Wildman–Crippen MR) is 107 cm³/mol. The molecule has 4 rings (SSSR count). The van der Waals surface area contributed by atoms with Gasteiger partial charge in [-0.2, -0.15) is 0 Å². The highest BCUT2D eigenvalue weighted by Gasteiger charge is 2.25. The van der Waals surface area contributed by atoms with Gasteiger partial charge in [0.1, 0.15) is 4.83 Å². The third-order valence-electron chi connectivity index (χ3n) is 4.93. The fraction of sp³-hybridized carbons (Fsp3) is 0.350. The van der Waals surface area contributed by atoms with Gasteiger partial charge in [0, 0.05) is 10.1 Å². The van der Waals surface area contributed by atoms with Crippen LogP contribution in [0, 0.1) is 13.8 Å². The van der Waals surface area contributed by atoms with Crippen LogP contribution in [0.3, 0.4) is 0 Å². The van der Waals surface area contributed by atoms with Gasteiger partial charge < -0.3 is 9.90 Å². The van der Waals surface area contributed by atoms with E-state index in [1.165, 1.54) is 4.88 Å². The SMILES string of the molecule is Cc1ccc(C)c(-n2c(S[C@@H](C)C(=O)[O-])nc3sc4c(c3c2=O)CCC4)c1. The van der Waals surface area contributed by atoms with Crippen LogP contribution in [0.25, 0.3) is 15.9 Å². The van der Waals surface area contributed by atoms with Crippen LogP contribution < -0.4 is 10.7 Å². The Hall–Kier alpha value is -2.12. The van der Waals surface area contributed by atoms with Gasteiger partial charge in [0.15, 0.2) is 5.16 Å². The predicted octanol–water partition coefficient (Wildman–Crippen LogP) is 2.78. The number of carboxylic acid groups (broad SMARTS) is 1. The summed E-state index contributed by atoms with van der Waals surface area (Å²) in [4.78, 5) is 31.5. The second-order valence-corrected chi connectivity index (χ2v) is 9.33. The Morgan fingerprint density at radius 2 is 2.11 bits per heavy atom. The summed E-state index contributed by atoms with van der Waals surface area (Å²) in [7, 11) is 0. The van der Waals surface area contributed by atoms with Crippen LogP contribution in [0.4, 0.5) is 0 Å². The molecule has 0 fully saturated rings. The molecule has 1 aromatic carbocycles. The number of aromatic nitrogens is 2. The minimum atomic E-state index is -1.17. The van der Waals surface area contributed by atoms with Crippen LogP contribution in [-0.2, 0) is 17.6 Å². The van der Waals surface area contributed by atoms with E-state index in [4.69, 9.17) is 4.98 Å². The van der Waals surface area contributed by atoms with E-state index >= 15 is 0 Å². The zero-order valence-electron chi connectivity index (χ0n) is 15.4. The molecule has 0 saturated carbocycles. The van der Waals surface area contributed by atoms with Gasteiger partial charge >= 0.3 is 0 Å². The minimum absolute atomic E-state index is 0.110. The fourth-order valence-corrected chi connectivity index (χ4v) is 5.64. The number of aliphatic carboxylic acids is 1. The lowest BCUT2D eigenvalue weighted by molar-refractivity contribution is -0.304. The number of benzene rings is 1. The van der Waals surface area contributed by atoms with Crippen molar-refractivity contribution in [1.29, 1.82) is 0 Å². The average Bonchev–Trinajstić information content (AvgIpc) is 3.18. The molecular weight excluding hydrogens is 380 g/mol. The molecule has 3 aromatic rings. The molecule has 0 bridgehead atoms. The van der Waals surface area contributed by atoms with E-state index < -0.39 is 11.2 Å². The Labute approximate surface area is 165 Å². The lowest BCUT2D eigenvalue weighted by Gasteiger charge is -2.18. The normalized spacial score (nSPS) is 14.5. The highest BCUT2D eigenvalue weighted by Crippen LogP contribution is 2.36. The lowest BCUT2D eigenvalue weighted by atomic mass is 10.1. The van der Waals surface area contributed by atoms with Gasteiger partial charge in [-0.15, -0.1) is 11.3 Å². The molecule has 0 N–H and O–H groups in total. The van der Waals surface area contributed by atoms with E-state index in [9.17, 15) is 14.7 Å². The molecule has 2 heterocycles. The number of fused-ring (bicyclic) bond motifs is 3. The molecule has 1 aliphatic rings. The molecule has 5 nitrogen and oxygen atoms in total. The summed E-state index contributed by atoms with van der Waals surface area (Å²) >= 11 is 2.61. The van der Waals surface area contributed by atoms with Crippen LogP contribution in [0.5, 0.6) is 0 Å². The molecule has 0 saturated heterocycles. The number of rotatable bonds is 4. The van der Waals surface area contributed by atoms with Crippen LogP contribution in [0.2, 0.25) is 0 Å². The van der Waals surface area contributed by atoms with Crippen molar-refractivity contribution < 1.29 is 9.90 Å². The molecule has 0 radical (unpaired) electrons. The largest absolute Gasteiger partial charge is 0.549 e. The number of carboxylic acids is 1. The first kappa shape index (κ1) is 18.3. The van der Waals surface area contributed by atoms with Crippen LogP contribution in [-0.4, -0.2) is 20.8 Å². The van der Waals surface area contributed by atoms with Crippen LogP contribution in [0.15, 0.2) is 28.2 Å². The molecule has 2 aromatic heterocycles. The second kappa shape index (κ2) is 6.80. The summed E-state index contributed by atoms with van der Waals surface area (Å²) in [6, 6.07) is 5.91. The maximum absolute atomic E-state index is 13.5. The molecule has 1 atom stereocenters. The minimum Gasteiger partial charge on any atom is -0.549 e. The number of aryl methyl sites for hydroxylation is 4. The quantitative estimate of drug-likeness (QED) is 0.498. The Bertz CT molecular complexity index is 1130. The number of carbonyl (C=O) groups excluding carboxylic acids is 1. The van der Waals surface area contributed by atoms with E-state index in [2.05, 4.69) is 0 Å². The number of carbonyl (C=O) groups is 1. The smallest absolute Gasteiger partial charge is 0.267 e. The summed E-state index contributed by atoms with van der Waals surface area (Å²) in [5, 5.41) is 11.6. The molecule has 0 aliphatic heterocycles. The van der Waals surface area contributed by atoms with Gasteiger partial charge in [-0.05, 0) is 62.8 Å². The van der Waals surface area contributed by atoms with Crippen molar-refractivity contribution >= 4 is 39.3 Å². The zero-order valence-corrected chi connectivity index (χ0v) is 17.0. The molecule has 0 spiro atoms. The van der Waals surface area contributed by atoms with Gasteiger partial charge in [0.05, 0.1) is 17.0 Å². The Morgan fingerprint density at radius 1 is 1.33 bits per heavy atom. The van der Waals surface area contributed by atoms with E-state index in [1.54, 1.807) is 22.8 Å². The third kappa shape index (κ3) is 3.08. The molecule has 0 amide bonds. The molecule has 0 unspecified atom stereocenters. The topological polar surface area (TPSA) is 75.0 Å². The monoisotopic (exact) mass is 399 g/mol. The maximum atomic E-state index is 13.5. The van der Waals surface area contributed by atoms with E-state index in [0.29, 0.717) is 15.4 Å². The maximum Gasteiger partial charge on any atom is 0.267 e. The number of nitrogens with zero attached hydrogens (tertiary/aromatic N) is 2. The van der Waals surface area contributed by atoms with Gasteiger partial charge in [-0.1, -0.05) is 23.9 Å². The van der Waals surface area contributed by atoms with E-state index in [0.717, 1.165) is 53.4 Å². The second-order valence-electron chi connectivity index (χ2n) is 6.94. The van der Waals surface area contributed by atoms with Crippen molar-refractivity contribution in [2.24, 2.45) is 0 Å². The Kier molecular flexibility index (Phi) is 4.60. The van der Waals surface area contributed by atoms with E-state index in [-0.39, 0.29) is 5.56 Å². The first-order chi connectivity index (χ1) is 12.9. The summed E-state index contributed by atoms with van der Waals surface area (Å²) < 4.78 is 1.58. The van der Waals surface area contributed by atoms with Gasteiger partial charge in [0.25, 0.3) is 5.56 Å². The van der Waals surface area contributed by atoms with Crippen LogP contribution in [0.1, 0.15) is 34.9 Å². The number of thioether (sulfide) groups is 1. The Morgan fingerprint density at radius 3 is 2.85 bits per heavy atom. The van der Waals surface area contributed by atoms with Gasteiger partial charge in [-0.25, -0.2) is 4.98 Å². The van der Waals surface area contributed by atoms with Gasteiger partial charge in [0.2, 0.25) is 0 Å². The zero-order chi connectivity index (χ0) is 19.3. The first-order valence-electron chi connectivity index (χ1n) is 8.89. The molecular formula is C20H19N2O3S2-. The fourth-order valence-electron chi connectivity index (χ4n) is 3.48. The molecule has 140 valence electrons. The van der Waals surface area contributed by atoms with Crippen molar-refractivity contribution in [3.63, 3.8) is 0 Å². The highest BCUT2D eigenvalue weighted by atomic mass is 32.2. The Balaban J connectivity index is 2.04. The summed E-state index contributed by atoms with van der Waals surface area (Å²) in [6.07, 6.45) is 2.95.